The van der Waals surface area contributed by atoms with E-state index < -0.39 is 78.0 Å². The predicted molar refractivity (Wildman–Crippen MR) is 171 cm³/mol. The lowest BCUT2D eigenvalue weighted by atomic mass is 9.44. The van der Waals surface area contributed by atoms with E-state index in [9.17, 15) is 33.9 Å². The number of fused-ring (bicyclic) bond motifs is 5. The minimum absolute atomic E-state index is 0.0430. The summed E-state index contributed by atoms with van der Waals surface area (Å²) in [6, 6.07) is 0. The van der Waals surface area contributed by atoms with E-state index in [0.29, 0.717) is 30.6 Å². The number of ketones is 1. The highest BCUT2D eigenvalue weighted by atomic mass is 16.7. The number of aliphatic hydroxyl groups is 1. The lowest BCUT2D eigenvalue weighted by Gasteiger charge is -2.61. The molecule has 13 unspecified atom stereocenters. The third kappa shape index (κ3) is 6.91. The van der Waals surface area contributed by atoms with Gasteiger partial charge in [0.2, 0.25) is 0 Å². The van der Waals surface area contributed by atoms with Crippen LogP contribution >= 0.6 is 0 Å². The molecule has 13 atom stereocenters. The summed E-state index contributed by atoms with van der Waals surface area (Å²) in [6.45, 7) is 8.43. The Morgan fingerprint density at radius 3 is 1.94 bits per heavy atom. The van der Waals surface area contributed by atoms with Crippen LogP contribution in [0, 0.1) is 34.5 Å². The van der Waals surface area contributed by atoms with Crippen molar-refractivity contribution in [1.29, 1.82) is 0 Å². The second-order valence-corrected chi connectivity index (χ2v) is 15.4. The van der Waals surface area contributed by atoms with Crippen LogP contribution in [0.4, 0.5) is 0 Å². The van der Waals surface area contributed by atoms with Crippen LogP contribution in [-0.4, -0.2) is 96.9 Å². The summed E-state index contributed by atoms with van der Waals surface area (Å²) in [4.78, 5) is 74.8. The van der Waals surface area contributed by atoms with E-state index in [1.807, 2.05) is 6.92 Å². The van der Waals surface area contributed by atoms with Crippen molar-refractivity contribution >= 4 is 35.6 Å². The molecule has 5 aliphatic rings. The Morgan fingerprint density at radius 2 is 1.32 bits per heavy atom. The van der Waals surface area contributed by atoms with Crippen LogP contribution < -0.4 is 0 Å². The molecule has 280 valence electrons. The monoisotopic (exact) mass is 708 g/mol. The summed E-state index contributed by atoms with van der Waals surface area (Å²) in [5.74, 6) is -2.96. The molecule has 4 aliphatic carbocycles. The van der Waals surface area contributed by atoms with Crippen LogP contribution in [0.3, 0.4) is 0 Å². The molecule has 14 nitrogen and oxygen atoms in total. The summed E-state index contributed by atoms with van der Waals surface area (Å²) in [7, 11) is 1.08. The van der Waals surface area contributed by atoms with Gasteiger partial charge in [-0.05, 0) is 86.9 Å². The van der Waals surface area contributed by atoms with Gasteiger partial charge in [-0.25, -0.2) is 4.79 Å². The molecule has 0 amide bonds. The summed E-state index contributed by atoms with van der Waals surface area (Å²) in [5.41, 5.74) is -2.33. The number of carbonyl (C=O) groups excluding carboxylic acids is 6. The van der Waals surface area contributed by atoms with Crippen molar-refractivity contribution in [1.82, 2.24) is 0 Å². The Balaban J connectivity index is 1.33. The minimum atomic E-state index is -1.71. The van der Waals surface area contributed by atoms with Crippen LogP contribution in [0.5, 0.6) is 0 Å². The predicted octanol–water partition coefficient (Wildman–Crippen LogP) is 2.97. The fraction of sp³-hybridized carbons (Fsp3) is 0.833. The second kappa shape index (κ2) is 14.5. The Hall–Kier alpha value is -3.10. The molecular weight excluding hydrogens is 656 g/mol. The first-order valence-corrected chi connectivity index (χ1v) is 17.7. The number of hydrogen-bond donors (Lipinski definition) is 1. The summed E-state index contributed by atoms with van der Waals surface area (Å²) < 4.78 is 38.2. The number of rotatable bonds is 9. The zero-order chi connectivity index (χ0) is 36.8. The maximum Gasteiger partial charge on any atom is 0.339 e. The maximum absolute atomic E-state index is 14.1. The number of methoxy groups -OCH3 is 1. The van der Waals surface area contributed by atoms with Crippen molar-refractivity contribution in [2.45, 2.75) is 142 Å². The fourth-order valence-corrected chi connectivity index (χ4v) is 10.5. The first-order chi connectivity index (χ1) is 23.4. The van der Waals surface area contributed by atoms with Crippen LogP contribution in [0.15, 0.2) is 0 Å². The molecule has 0 radical (unpaired) electrons. The van der Waals surface area contributed by atoms with Gasteiger partial charge in [-0.1, -0.05) is 13.8 Å². The molecule has 0 aromatic rings. The van der Waals surface area contributed by atoms with E-state index in [2.05, 4.69) is 6.92 Å². The van der Waals surface area contributed by atoms with Crippen molar-refractivity contribution in [3.63, 3.8) is 0 Å². The van der Waals surface area contributed by atoms with Crippen LogP contribution in [0.1, 0.15) is 99.3 Å². The maximum atomic E-state index is 14.1. The van der Waals surface area contributed by atoms with Crippen molar-refractivity contribution < 1.29 is 67.0 Å². The van der Waals surface area contributed by atoms with Crippen LogP contribution in [0.25, 0.3) is 0 Å². The summed E-state index contributed by atoms with van der Waals surface area (Å²) in [6.07, 6.45) is -0.883. The second-order valence-electron chi connectivity index (χ2n) is 15.4. The Labute approximate surface area is 292 Å². The van der Waals surface area contributed by atoms with Gasteiger partial charge in [-0.3, -0.25) is 24.0 Å². The molecule has 1 heterocycles. The van der Waals surface area contributed by atoms with E-state index in [-0.39, 0.29) is 29.8 Å². The highest BCUT2D eigenvalue weighted by Gasteiger charge is 2.67. The Morgan fingerprint density at radius 1 is 0.720 bits per heavy atom. The van der Waals surface area contributed by atoms with E-state index >= 15 is 0 Å². The molecule has 5 fully saturated rings. The topological polar surface area (TPSA) is 187 Å². The van der Waals surface area contributed by atoms with Gasteiger partial charge in [-0.15, -0.1) is 0 Å². The van der Waals surface area contributed by atoms with Gasteiger partial charge in [0.15, 0.2) is 36.5 Å². The van der Waals surface area contributed by atoms with Crippen molar-refractivity contribution in [2.24, 2.45) is 34.5 Å². The molecule has 1 aliphatic heterocycles. The molecule has 1 saturated heterocycles. The molecule has 50 heavy (non-hydrogen) atoms. The van der Waals surface area contributed by atoms with Gasteiger partial charge in [0.1, 0.15) is 18.3 Å². The van der Waals surface area contributed by atoms with E-state index in [4.69, 9.17) is 33.2 Å². The van der Waals surface area contributed by atoms with Crippen molar-refractivity contribution in [3.8, 4) is 0 Å². The third-order valence-electron chi connectivity index (χ3n) is 12.8. The first-order valence-electron chi connectivity index (χ1n) is 17.7. The Kier molecular flexibility index (Phi) is 11.1. The van der Waals surface area contributed by atoms with Crippen molar-refractivity contribution in [3.05, 3.63) is 0 Å². The zero-order valence-electron chi connectivity index (χ0n) is 30.1. The SMILES string of the molecule is COC(=O)C1OC(OCC(=O)C2(O)CCC3C4CCC5CC(OC(C)=O)CCC5(C)C4CCC32C)C(OC(C)=O)C(OC(C)=O)C1OC(C)=O. The molecule has 4 saturated carbocycles. The quantitative estimate of drug-likeness (QED) is 0.272. The van der Waals surface area contributed by atoms with Crippen LogP contribution in [0.2, 0.25) is 0 Å². The number of Topliss-reactive ketones (excluding diaryl/α,β-unsaturated/α-hetero) is 1. The molecule has 0 bridgehead atoms. The van der Waals surface area contributed by atoms with E-state index in [1.54, 1.807) is 0 Å². The molecule has 0 spiro atoms. The Bertz CT molecular complexity index is 1360. The van der Waals surface area contributed by atoms with Gasteiger partial charge in [0.05, 0.1) is 7.11 Å². The van der Waals surface area contributed by atoms with Gasteiger partial charge < -0.3 is 38.3 Å². The zero-order valence-corrected chi connectivity index (χ0v) is 30.1. The highest BCUT2D eigenvalue weighted by molar-refractivity contribution is 5.89. The first kappa shape index (κ1) is 38.1. The molecule has 5 rings (SSSR count). The average Bonchev–Trinajstić information content (AvgIpc) is 3.32. The molecule has 14 heteroatoms. The lowest BCUT2D eigenvalue weighted by molar-refractivity contribution is -0.300. The number of ether oxygens (including phenoxy) is 7. The minimum Gasteiger partial charge on any atom is -0.467 e. The largest absolute Gasteiger partial charge is 0.467 e. The normalized spacial score (nSPS) is 42.1. The molecule has 0 aromatic carbocycles. The number of esters is 5. The van der Waals surface area contributed by atoms with Crippen LogP contribution in [-0.2, 0) is 61.9 Å². The fourth-order valence-electron chi connectivity index (χ4n) is 10.5. The standard InChI is InChI=1S/C36H52O14/c1-18(37)46-23-10-13-34(5)22(16-23)8-9-24-25(34)11-14-35(6)26(24)12-15-36(35,43)27(41)17-45-33-31(49-21(4)40)29(48-20(3)39)28(47-19(2)38)30(50-33)32(42)44-7/h22-26,28-31,33,43H,8-17H2,1-7H3. The van der Waals surface area contributed by atoms with Gasteiger partial charge in [0.25, 0.3) is 0 Å². The number of hydrogen-bond acceptors (Lipinski definition) is 14. The summed E-state index contributed by atoms with van der Waals surface area (Å²) >= 11 is 0. The highest BCUT2D eigenvalue weighted by Crippen LogP contribution is 2.68. The van der Waals surface area contributed by atoms with Gasteiger partial charge in [0, 0.05) is 33.1 Å². The molecule has 0 aromatic heterocycles. The van der Waals surface area contributed by atoms with Gasteiger partial charge in [-0.2, -0.15) is 0 Å². The molecular formula is C36H52O14. The summed E-state index contributed by atoms with van der Waals surface area (Å²) in [5, 5.41) is 12.2. The average molecular weight is 709 g/mol. The van der Waals surface area contributed by atoms with E-state index in [1.165, 1.54) is 6.92 Å². The van der Waals surface area contributed by atoms with Gasteiger partial charge >= 0.3 is 29.8 Å². The smallest absolute Gasteiger partial charge is 0.339 e. The lowest BCUT2D eigenvalue weighted by Crippen LogP contribution is -2.64. The number of carbonyl (C=O) groups is 6. The van der Waals surface area contributed by atoms with E-state index in [0.717, 1.165) is 66.4 Å². The molecule has 1 N–H and O–H groups in total. The van der Waals surface area contributed by atoms with Crippen molar-refractivity contribution in [2.75, 3.05) is 13.7 Å². The third-order valence-corrected chi connectivity index (χ3v) is 12.8.